The van der Waals surface area contributed by atoms with Crippen molar-refractivity contribution < 1.29 is 23.5 Å². The van der Waals surface area contributed by atoms with Crippen molar-refractivity contribution in [1.82, 2.24) is 0 Å². The number of halogens is 2. The van der Waals surface area contributed by atoms with E-state index in [-0.39, 0.29) is 24.6 Å². The van der Waals surface area contributed by atoms with Crippen molar-refractivity contribution in [3.05, 3.63) is 69.8 Å². The summed E-state index contributed by atoms with van der Waals surface area (Å²) < 4.78 is 24.0. The van der Waals surface area contributed by atoms with Gasteiger partial charge in [0, 0.05) is 10.4 Å². The van der Waals surface area contributed by atoms with Crippen LogP contribution in [0.5, 0.6) is 5.75 Å². The van der Waals surface area contributed by atoms with Crippen LogP contribution in [0.3, 0.4) is 0 Å². The molecular weight excluding hydrogens is 429 g/mol. The Morgan fingerprint density at radius 2 is 1.83 bits per heavy atom. The summed E-state index contributed by atoms with van der Waals surface area (Å²) in [6.45, 7) is 3.42. The van der Waals surface area contributed by atoms with E-state index in [0.717, 1.165) is 4.88 Å². The number of thiophene rings is 1. The molecule has 0 aliphatic heterocycles. The summed E-state index contributed by atoms with van der Waals surface area (Å²) in [5.74, 6) is -1.01. The molecule has 3 aromatic rings. The Hall–Kier alpha value is -2.90. The molecule has 0 unspecified atom stereocenters. The zero-order chi connectivity index (χ0) is 21.7. The molecule has 0 spiro atoms. The van der Waals surface area contributed by atoms with Gasteiger partial charge in [-0.1, -0.05) is 35.9 Å². The van der Waals surface area contributed by atoms with E-state index >= 15 is 0 Å². The lowest BCUT2D eigenvalue weighted by atomic mass is 10.0. The number of carbonyl (C=O) groups is 2. The lowest BCUT2D eigenvalue weighted by Gasteiger charge is -2.10. The number of ether oxygens (including phenoxy) is 2. The maximum atomic E-state index is 13.3. The summed E-state index contributed by atoms with van der Waals surface area (Å²) in [7, 11) is 0. The number of carbonyl (C=O) groups excluding carboxylic acids is 2. The Morgan fingerprint density at radius 3 is 2.50 bits per heavy atom. The molecule has 1 aromatic heterocycles. The highest BCUT2D eigenvalue weighted by Crippen LogP contribution is 2.40. The second kappa shape index (κ2) is 9.73. The summed E-state index contributed by atoms with van der Waals surface area (Å²) in [4.78, 5) is 25.9. The number of esters is 1. The monoisotopic (exact) mass is 447 g/mol. The average Bonchev–Trinajstić information content (AvgIpc) is 3.04. The number of amides is 1. The van der Waals surface area contributed by atoms with Gasteiger partial charge in [-0.2, -0.15) is 0 Å². The SMILES string of the molecule is CCOC(=O)c1c(NC(=O)COc2ccccc2Cl)sc(C)c1-c1ccc(F)cc1. The smallest absolute Gasteiger partial charge is 0.341 e. The molecule has 1 N–H and O–H groups in total. The van der Waals surface area contributed by atoms with Crippen LogP contribution < -0.4 is 10.1 Å². The van der Waals surface area contributed by atoms with Crippen molar-refractivity contribution in [1.29, 1.82) is 0 Å². The van der Waals surface area contributed by atoms with E-state index in [1.165, 1.54) is 23.5 Å². The highest BCUT2D eigenvalue weighted by atomic mass is 35.5. The van der Waals surface area contributed by atoms with Crippen molar-refractivity contribution in [3.63, 3.8) is 0 Å². The standard InChI is InChI=1S/C22H19ClFNO4S/c1-3-28-22(27)20-19(14-8-10-15(24)11-9-14)13(2)30-21(20)25-18(26)12-29-17-7-5-4-6-16(17)23/h4-11H,3,12H2,1-2H3,(H,25,26). The Kier molecular flexibility index (Phi) is 7.07. The van der Waals surface area contributed by atoms with E-state index in [0.29, 0.717) is 26.9 Å². The van der Waals surface area contributed by atoms with E-state index in [4.69, 9.17) is 21.1 Å². The molecule has 3 rings (SSSR count). The fourth-order valence-corrected chi connectivity index (χ4v) is 4.13. The van der Waals surface area contributed by atoms with Crippen LogP contribution in [-0.2, 0) is 9.53 Å². The second-order valence-corrected chi connectivity index (χ2v) is 7.86. The maximum Gasteiger partial charge on any atom is 0.341 e. The molecule has 0 fully saturated rings. The van der Waals surface area contributed by atoms with Gasteiger partial charge in [-0.25, -0.2) is 9.18 Å². The van der Waals surface area contributed by atoms with Gasteiger partial charge in [-0.3, -0.25) is 4.79 Å². The third-order valence-electron chi connectivity index (χ3n) is 4.15. The third-order valence-corrected chi connectivity index (χ3v) is 5.48. The molecule has 0 saturated carbocycles. The zero-order valence-corrected chi connectivity index (χ0v) is 17.9. The van der Waals surface area contributed by atoms with Gasteiger partial charge in [-0.15, -0.1) is 11.3 Å². The quantitative estimate of drug-likeness (QED) is 0.471. The molecule has 8 heteroatoms. The van der Waals surface area contributed by atoms with Gasteiger partial charge >= 0.3 is 5.97 Å². The van der Waals surface area contributed by atoms with Crippen LogP contribution in [0.25, 0.3) is 11.1 Å². The summed E-state index contributed by atoms with van der Waals surface area (Å²) in [5, 5.41) is 3.46. The number of para-hydroxylation sites is 1. The van der Waals surface area contributed by atoms with Crippen LogP contribution in [0, 0.1) is 12.7 Å². The molecule has 0 aliphatic carbocycles. The number of aryl methyl sites for hydroxylation is 1. The van der Waals surface area contributed by atoms with Crippen LogP contribution in [0.4, 0.5) is 9.39 Å². The van der Waals surface area contributed by atoms with Gasteiger partial charge < -0.3 is 14.8 Å². The minimum Gasteiger partial charge on any atom is -0.482 e. The number of anilines is 1. The largest absolute Gasteiger partial charge is 0.482 e. The molecule has 1 heterocycles. The highest BCUT2D eigenvalue weighted by Gasteiger charge is 2.25. The number of benzene rings is 2. The Bertz CT molecular complexity index is 1070. The molecule has 0 aliphatic rings. The van der Waals surface area contributed by atoms with Crippen LogP contribution in [-0.4, -0.2) is 25.1 Å². The van der Waals surface area contributed by atoms with Gasteiger partial charge in [0.05, 0.1) is 11.6 Å². The second-order valence-electron chi connectivity index (χ2n) is 6.23. The van der Waals surface area contributed by atoms with E-state index < -0.39 is 11.9 Å². The van der Waals surface area contributed by atoms with Crippen molar-refractivity contribution in [2.45, 2.75) is 13.8 Å². The number of hydrogen-bond acceptors (Lipinski definition) is 5. The lowest BCUT2D eigenvalue weighted by molar-refractivity contribution is -0.118. The van der Waals surface area contributed by atoms with Crippen LogP contribution in [0.1, 0.15) is 22.2 Å². The first kappa shape index (κ1) is 21.8. The van der Waals surface area contributed by atoms with Crippen LogP contribution >= 0.6 is 22.9 Å². The number of rotatable bonds is 7. The fourth-order valence-electron chi connectivity index (χ4n) is 2.86. The van der Waals surface area contributed by atoms with Crippen LogP contribution in [0.2, 0.25) is 5.02 Å². The molecule has 0 saturated heterocycles. The molecule has 1 amide bonds. The van der Waals surface area contributed by atoms with Crippen molar-refractivity contribution in [2.24, 2.45) is 0 Å². The van der Waals surface area contributed by atoms with E-state index in [2.05, 4.69) is 5.32 Å². The first-order valence-corrected chi connectivity index (χ1v) is 10.3. The van der Waals surface area contributed by atoms with Crippen molar-refractivity contribution in [3.8, 4) is 16.9 Å². The normalized spacial score (nSPS) is 10.5. The number of hydrogen-bond donors (Lipinski definition) is 1. The predicted molar refractivity (Wildman–Crippen MR) is 116 cm³/mol. The molecular formula is C22H19ClFNO4S. The highest BCUT2D eigenvalue weighted by molar-refractivity contribution is 7.17. The van der Waals surface area contributed by atoms with Crippen molar-refractivity contribution in [2.75, 3.05) is 18.5 Å². The topological polar surface area (TPSA) is 64.6 Å². The molecule has 0 bridgehead atoms. The number of nitrogens with one attached hydrogen (secondary N) is 1. The molecule has 156 valence electrons. The summed E-state index contributed by atoms with van der Waals surface area (Å²) >= 11 is 7.27. The summed E-state index contributed by atoms with van der Waals surface area (Å²) in [6.07, 6.45) is 0. The Labute approximate surface area is 182 Å². The third kappa shape index (κ3) is 4.98. The van der Waals surface area contributed by atoms with Gasteiger partial charge in [0.25, 0.3) is 5.91 Å². The predicted octanol–water partition coefficient (Wildman–Crippen LogP) is 5.71. The first-order valence-electron chi connectivity index (χ1n) is 9.14. The van der Waals surface area contributed by atoms with Gasteiger partial charge in [0.1, 0.15) is 22.1 Å². The van der Waals surface area contributed by atoms with Crippen molar-refractivity contribution >= 4 is 39.8 Å². The Balaban J connectivity index is 1.87. The van der Waals surface area contributed by atoms with E-state index in [1.807, 2.05) is 6.92 Å². The van der Waals surface area contributed by atoms with E-state index in [1.54, 1.807) is 43.3 Å². The summed E-state index contributed by atoms with van der Waals surface area (Å²) in [5.41, 5.74) is 1.49. The average molecular weight is 448 g/mol. The molecule has 30 heavy (non-hydrogen) atoms. The molecule has 0 atom stereocenters. The molecule has 2 aromatic carbocycles. The minimum absolute atomic E-state index is 0.180. The Morgan fingerprint density at radius 1 is 1.13 bits per heavy atom. The lowest BCUT2D eigenvalue weighted by Crippen LogP contribution is -2.21. The fraction of sp³-hybridized carbons (Fsp3) is 0.182. The van der Waals surface area contributed by atoms with Gasteiger partial charge in [0.2, 0.25) is 0 Å². The van der Waals surface area contributed by atoms with Gasteiger partial charge in [0.15, 0.2) is 6.61 Å². The van der Waals surface area contributed by atoms with Crippen LogP contribution in [0.15, 0.2) is 48.5 Å². The zero-order valence-electron chi connectivity index (χ0n) is 16.3. The molecule has 0 radical (unpaired) electrons. The first-order chi connectivity index (χ1) is 14.4. The van der Waals surface area contributed by atoms with Gasteiger partial charge in [-0.05, 0) is 43.7 Å². The summed E-state index contributed by atoms with van der Waals surface area (Å²) in [6, 6.07) is 12.6. The van der Waals surface area contributed by atoms with E-state index in [9.17, 15) is 14.0 Å². The molecule has 5 nitrogen and oxygen atoms in total. The maximum absolute atomic E-state index is 13.3. The minimum atomic E-state index is -0.566.